The van der Waals surface area contributed by atoms with Crippen LogP contribution in [0.4, 0.5) is 0 Å². The van der Waals surface area contributed by atoms with Gasteiger partial charge in [0.15, 0.2) is 6.61 Å². The SMILES string of the molecule is CCOc1ccc(OCC(=O)N/N=C\c2ccccc2C)cc1. The number of benzene rings is 2. The van der Waals surface area contributed by atoms with Gasteiger partial charge in [-0.3, -0.25) is 4.79 Å². The van der Waals surface area contributed by atoms with Gasteiger partial charge in [-0.15, -0.1) is 0 Å². The summed E-state index contributed by atoms with van der Waals surface area (Å²) in [5, 5.41) is 3.93. The van der Waals surface area contributed by atoms with Gasteiger partial charge in [0.05, 0.1) is 12.8 Å². The Balaban J connectivity index is 1.78. The molecule has 0 saturated carbocycles. The number of aryl methyl sites for hydroxylation is 1. The van der Waals surface area contributed by atoms with E-state index in [1.165, 1.54) is 0 Å². The van der Waals surface area contributed by atoms with Gasteiger partial charge in [0.2, 0.25) is 0 Å². The highest BCUT2D eigenvalue weighted by molar-refractivity contribution is 5.84. The van der Waals surface area contributed by atoms with Crippen LogP contribution in [0.5, 0.6) is 11.5 Å². The molecule has 1 amide bonds. The van der Waals surface area contributed by atoms with Crippen LogP contribution in [0, 0.1) is 6.92 Å². The molecule has 0 aliphatic carbocycles. The van der Waals surface area contributed by atoms with Gasteiger partial charge in [-0.25, -0.2) is 5.43 Å². The van der Waals surface area contributed by atoms with E-state index in [-0.39, 0.29) is 12.5 Å². The van der Waals surface area contributed by atoms with Crippen molar-refractivity contribution in [2.45, 2.75) is 13.8 Å². The molecule has 120 valence electrons. The maximum atomic E-state index is 11.7. The molecule has 0 bridgehead atoms. The average Bonchev–Trinajstić information content (AvgIpc) is 2.56. The third-order valence-electron chi connectivity index (χ3n) is 3.09. The molecule has 5 nitrogen and oxygen atoms in total. The highest BCUT2D eigenvalue weighted by atomic mass is 16.5. The first-order valence-corrected chi connectivity index (χ1v) is 7.42. The Morgan fingerprint density at radius 3 is 2.39 bits per heavy atom. The maximum absolute atomic E-state index is 11.7. The summed E-state index contributed by atoms with van der Waals surface area (Å²) in [6.45, 7) is 4.42. The second-order valence-electron chi connectivity index (χ2n) is 4.84. The Bertz CT molecular complexity index is 666. The molecule has 0 unspecified atom stereocenters. The average molecular weight is 312 g/mol. The van der Waals surface area contributed by atoms with E-state index in [1.54, 1.807) is 30.5 Å². The van der Waals surface area contributed by atoms with Gasteiger partial charge in [0.25, 0.3) is 5.91 Å². The molecule has 0 atom stereocenters. The second-order valence-corrected chi connectivity index (χ2v) is 4.84. The summed E-state index contributed by atoms with van der Waals surface area (Å²) in [7, 11) is 0. The molecule has 0 heterocycles. The number of nitrogens with one attached hydrogen (secondary N) is 1. The van der Waals surface area contributed by atoms with Crippen molar-refractivity contribution in [1.82, 2.24) is 5.43 Å². The first kappa shape index (κ1) is 16.5. The molecule has 0 aliphatic heterocycles. The van der Waals surface area contributed by atoms with Gasteiger partial charge in [0.1, 0.15) is 11.5 Å². The normalized spacial score (nSPS) is 10.5. The molecule has 5 heteroatoms. The fourth-order valence-corrected chi connectivity index (χ4v) is 1.89. The van der Waals surface area contributed by atoms with Crippen LogP contribution in [0.2, 0.25) is 0 Å². The molecule has 0 aliphatic rings. The molecule has 1 N–H and O–H groups in total. The third kappa shape index (κ3) is 5.47. The third-order valence-corrected chi connectivity index (χ3v) is 3.09. The van der Waals surface area contributed by atoms with E-state index < -0.39 is 0 Å². The number of ether oxygens (including phenoxy) is 2. The van der Waals surface area contributed by atoms with Crippen molar-refractivity contribution in [1.29, 1.82) is 0 Å². The molecule has 2 aromatic carbocycles. The summed E-state index contributed by atoms with van der Waals surface area (Å²) in [6, 6.07) is 14.9. The second kappa shape index (κ2) is 8.58. The smallest absolute Gasteiger partial charge is 0.277 e. The van der Waals surface area contributed by atoms with Crippen LogP contribution >= 0.6 is 0 Å². The number of hydrogen-bond donors (Lipinski definition) is 1. The van der Waals surface area contributed by atoms with Crippen LogP contribution in [0.15, 0.2) is 53.6 Å². The standard InChI is InChI=1S/C18H20N2O3/c1-3-22-16-8-10-17(11-9-16)23-13-18(21)20-19-12-15-7-5-4-6-14(15)2/h4-12H,3,13H2,1-2H3,(H,20,21)/b19-12-. The lowest BCUT2D eigenvalue weighted by Crippen LogP contribution is -2.24. The van der Waals surface area contributed by atoms with Crippen molar-refractivity contribution in [2.24, 2.45) is 5.10 Å². The molecular formula is C18H20N2O3. The lowest BCUT2D eigenvalue weighted by atomic mass is 10.1. The minimum absolute atomic E-state index is 0.0981. The largest absolute Gasteiger partial charge is 0.494 e. The predicted octanol–water partition coefficient (Wildman–Crippen LogP) is 2.92. The minimum atomic E-state index is -0.316. The summed E-state index contributed by atoms with van der Waals surface area (Å²) >= 11 is 0. The van der Waals surface area contributed by atoms with Crippen LogP contribution in [0.3, 0.4) is 0 Å². The van der Waals surface area contributed by atoms with Gasteiger partial charge >= 0.3 is 0 Å². The Labute approximate surface area is 135 Å². The molecule has 2 rings (SSSR count). The highest BCUT2D eigenvalue weighted by Gasteiger charge is 2.02. The summed E-state index contributed by atoms with van der Waals surface area (Å²) in [4.78, 5) is 11.7. The van der Waals surface area contributed by atoms with Crippen LogP contribution in [-0.2, 0) is 4.79 Å². The quantitative estimate of drug-likeness (QED) is 0.631. The Hall–Kier alpha value is -2.82. The van der Waals surface area contributed by atoms with E-state index in [0.29, 0.717) is 12.4 Å². The van der Waals surface area contributed by atoms with E-state index in [4.69, 9.17) is 9.47 Å². The monoisotopic (exact) mass is 312 g/mol. The van der Waals surface area contributed by atoms with E-state index in [9.17, 15) is 4.79 Å². The first-order chi connectivity index (χ1) is 11.2. The van der Waals surface area contributed by atoms with Crippen molar-refractivity contribution < 1.29 is 14.3 Å². The zero-order valence-electron chi connectivity index (χ0n) is 13.3. The van der Waals surface area contributed by atoms with Crippen LogP contribution in [0.25, 0.3) is 0 Å². The van der Waals surface area contributed by atoms with E-state index in [1.807, 2.05) is 38.1 Å². The van der Waals surface area contributed by atoms with E-state index in [0.717, 1.165) is 16.9 Å². The number of amides is 1. The molecule has 0 spiro atoms. The lowest BCUT2D eigenvalue weighted by Gasteiger charge is -2.06. The molecule has 2 aromatic rings. The van der Waals surface area contributed by atoms with E-state index >= 15 is 0 Å². The highest BCUT2D eigenvalue weighted by Crippen LogP contribution is 2.17. The molecule has 23 heavy (non-hydrogen) atoms. The number of hydrazone groups is 1. The number of carbonyl (C=O) groups excluding carboxylic acids is 1. The van der Waals surface area contributed by atoms with Crippen molar-refractivity contribution >= 4 is 12.1 Å². The van der Waals surface area contributed by atoms with Gasteiger partial charge in [-0.05, 0) is 49.2 Å². The summed E-state index contributed by atoms with van der Waals surface area (Å²) < 4.78 is 10.7. The Morgan fingerprint density at radius 2 is 1.74 bits per heavy atom. The van der Waals surface area contributed by atoms with Crippen LogP contribution in [-0.4, -0.2) is 25.3 Å². The molecule has 0 radical (unpaired) electrons. The van der Waals surface area contributed by atoms with Gasteiger partial charge in [-0.2, -0.15) is 5.10 Å². The molecular weight excluding hydrogens is 292 g/mol. The van der Waals surface area contributed by atoms with Gasteiger partial charge in [0, 0.05) is 0 Å². The summed E-state index contributed by atoms with van der Waals surface area (Å²) in [5.41, 5.74) is 4.49. The molecule has 0 aromatic heterocycles. The number of hydrogen-bond acceptors (Lipinski definition) is 4. The Kier molecular flexibility index (Phi) is 6.17. The first-order valence-electron chi connectivity index (χ1n) is 7.42. The fourth-order valence-electron chi connectivity index (χ4n) is 1.89. The van der Waals surface area contributed by atoms with Gasteiger partial charge in [-0.1, -0.05) is 24.3 Å². The van der Waals surface area contributed by atoms with E-state index in [2.05, 4.69) is 10.5 Å². The number of carbonyl (C=O) groups is 1. The van der Waals surface area contributed by atoms with Crippen molar-refractivity contribution in [2.75, 3.05) is 13.2 Å². The van der Waals surface area contributed by atoms with Gasteiger partial charge < -0.3 is 9.47 Å². The fraction of sp³-hybridized carbons (Fsp3) is 0.222. The van der Waals surface area contributed by atoms with Crippen molar-refractivity contribution in [3.63, 3.8) is 0 Å². The zero-order valence-corrected chi connectivity index (χ0v) is 13.3. The minimum Gasteiger partial charge on any atom is -0.494 e. The van der Waals surface area contributed by atoms with Crippen molar-refractivity contribution in [3.8, 4) is 11.5 Å². The predicted molar refractivity (Wildman–Crippen MR) is 90.0 cm³/mol. The number of nitrogens with zero attached hydrogens (tertiary/aromatic N) is 1. The summed E-state index contributed by atoms with van der Waals surface area (Å²) in [5.74, 6) is 1.06. The topological polar surface area (TPSA) is 59.9 Å². The van der Waals surface area contributed by atoms with Crippen molar-refractivity contribution in [3.05, 3.63) is 59.7 Å². The lowest BCUT2D eigenvalue weighted by molar-refractivity contribution is -0.123. The van der Waals surface area contributed by atoms with Crippen LogP contribution < -0.4 is 14.9 Å². The molecule has 0 saturated heterocycles. The zero-order chi connectivity index (χ0) is 16.5. The maximum Gasteiger partial charge on any atom is 0.277 e. The summed E-state index contributed by atoms with van der Waals surface area (Å²) in [6.07, 6.45) is 1.62. The van der Waals surface area contributed by atoms with Crippen LogP contribution in [0.1, 0.15) is 18.1 Å². The molecule has 0 fully saturated rings. The number of rotatable bonds is 7. The Morgan fingerprint density at radius 1 is 1.09 bits per heavy atom.